The van der Waals surface area contributed by atoms with Crippen molar-refractivity contribution in [2.24, 2.45) is 10.1 Å². The summed E-state index contributed by atoms with van der Waals surface area (Å²) in [5.74, 6) is 1.12. The van der Waals surface area contributed by atoms with E-state index in [4.69, 9.17) is 32.8 Å². The number of nitrogens with zero attached hydrogens (tertiary/aromatic N) is 4. The first kappa shape index (κ1) is 36.3. The molecule has 4 atom stereocenters. The van der Waals surface area contributed by atoms with E-state index in [9.17, 15) is 0 Å². The molecule has 0 saturated carbocycles. The van der Waals surface area contributed by atoms with Crippen molar-refractivity contribution in [3.63, 3.8) is 0 Å². The lowest BCUT2D eigenvalue weighted by molar-refractivity contribution is -0.0479. The van der Waals surface area contributed by atoms with E-state index in [1.165, 1.54) is 0 Å². The van der Waals surface area contributed by atoms with E-state index < -0.39 is 31.2 Å². The molecule has 1 fully saturated rings. The summed E-state index contributed by atoms with van der Waals surface area (Å²) in [6, 6.07) is 0. The van der Waals surface area contributed by atoms with Crippen molar-refractivity contribution in [3.05, 3.63) is 12.0 Å². The van der Waals surface area contributed by atoms with E-state index in [1.54, 1.807) is 0 Å². The minimum Gasteiger partial charge on any atom is -0.414 e. The summed E-state index contributed by atoms with van der Waals surface area (Å²) >= 11 is 0. The summed E-state index contributed by atoms with van der Waals surface area (Å²) in [6.07, 6.45) is 0.929. The van der Waals surface area contributed by atoms with Crippen LogP contribution in [0.15, 0.2) is 16.5 Å². The van der Waals surface area contributed by atoms with Crippen molar-refractivity contribution in [2.75, 3.05) is 6.61 Å². The van der Waals surface area contributed by atoms with Gasteiger partial charge in [0.25, 0.3) is 0 Å². The Bertz CT molecular complexity index is 1210. The number of rotatable bonds is 9. The molecule has 3 rings (SSSR count). The zero-order valence-corrected chi connectivity index (χ0v) is 33.1. The largest absolute Gasteiger partial charge is 0.414 e. The van der Waals surface area contributed by atoms with Crippen LogP contribution in [0.3, 0.4) is 0 Å². The molecule has 2 aliphatic rings. The van der Waals surface area contributed by atoms with Crippen LogP contribution < -0.4 is 0 Å². The van der Waals surface area contributed by atoms with Gasteiger partial charge < -0.3 is 22.9 Å². The molecule has 0 aromatic carbocycles. The minimum absolute atomic E-state index is 0.00867. The summed E-state index contributed by atoms with van der Waals surface area (Å²) in [5, 5.41) is 4.38. The van der Waals surface area contributed by atoms with E-state index in [1.807, 2.05) is 24.7 Å². The van der Waals surface area contributed by atoms with Gasteiger partial charge in [-0.25, -0.2) is 4.98 Å². The third-order valence-corrected chi connectivity index (χ3v) is 23.8. The molecule has 1 aromatic heterocycles. The zero-order valence-electron chi connectivity index (χ0n) is 30.1. The third kappa shape index (κ3) is 7.63. The molecule has 0 N–H and O–H groups in total. The Balaban J connectivity index is 2.19. The second kappa shape index (κ2) is 12.2. The molecule has 1 saturated heterocycles. The van der Waals surface area contributed by atoms with Crippen molar-refractivity contribution < 1.29 is 22.9 Å². The first-order valence-corrected chi connectivity index (χ1v) is 24.6. The van der Waals surface area contributed by atoms with Crippen LogP contribution >= 0.6 is 0 Å². The molecular formula is C31H60N4O5Si3. The summed E-state index contributed by atoms with van der Waals surface area (Å²) in [7, 11) is -6.59. The first-order valence-electron chi connectivity index (χ1n) is 15.8. The number of imidazole rings is 1. The van der Waals surface area contributed by atoms with E-state index in [2.05, 4.69) is 107 Å². The maximum atomic E-state index is 7.31. The molecule has 0 radical (unpaired) electrons. The van der Waals surface area contributed by atoms with Gasteiger partial charge in [0.2, 0.25) is 5.90 Å². The fourth-order valence-corrected chi connectivity index (χ4v) is 7.91. The van der Waals surface area contributed by atoms with Gasteiger partial charge in [-0.3, -0.25) is 4.57 Å². The highest BCUT2D eigenvalue weighted by Crippen LogP contribution is 2.47. The Kier molecular flexibility index (Phi) is 10.3. The highest BCUT2D eigenvalue weighted by atomic mass is 28.4. The van der Waals surface area contributed by atoms with Crippen molar-refractivity contribution in [3.8, 4) is 0 Å². The second-order valence-electron chi connectivity index (χ2n) is 16.8. The fourth-order valence-electron chi connectivity index (χ4n) is 4.30. The van der Waals surface area contributed by atoms with Crippen LogP contribution in [-0.4, -0.2) is 71.0 Å². The molecule has 0 aliphatic carbocycles. The van der Waals surface area contributed by atoms with Crippen LogP contribution in [0.4, 0.5) is 5.82 Å². The first-order chi connectivity index (χ1) is 19.3. The number of oxime groups is 1. The molecule has 0 unspecified atom stereocenters. The Morgan fingerprint density at radius 3 is 1.81 bits per heavy atom. The Hall–Kier alpha value is -1.16. The van der Waals surface area contributed by atoms with Gasteiger partial charge in [-0.1, -0.05) is 74.4 Å². The Morgan fingerprint density at radius 1 is 0.814 bits per heavy atom. The highest BCUT2D eigenvalue weighted by molar-refractivity contribution is 6.75. The maximum absolute atomic E-state index is 7.31. The third-order valence-electron chi connectivity index (χ3n) is 10.4. The summed E-state index contributed by atoms with van der Waals surface area (Å²) in [5.41, 5.74) is 1.46. The van der Waals surface area contributed by atoms with Crippen molar-refractivity contribution in [1.29, 1.82) is 0 Å². The normalized spacial score (nSPS) is 24.3. The minimum atomic E-state index is -2.28. The van der Waals surface area contributed by atoms with Crippen LogP contribution in [0.1, 0.15) is 94.5 Å². The average Bonchev–Trinajstić information content (AvgIpc) is 3.31. The number of fused-ring (bicyclic) bond motifs is 1. The SMILES string of the molecule is CCC1=NOC(C)=Nc2c1ncn2[C@@H]1O[C@H](CO[Si](C)(C)C(C)(C)C)[C@@H](O[Si](C)(C)C(C)(C)C)[C@H]1O[Si](C)(C)C(C)(C)C. The summed E-state index contributed by atoms with van der Waals surface area (Å²) in [6.45, 7) is 38.5. The second-order valence-corrected chi connectivity index (χ2v) is 31.1. The molecule has 1 aromatic rings. The lowest BCUT2D eigenvalue weighted by Crippen LogP contribution is -2.54. The van der Waals surface area contributed by atoms with Crippen molar-refractivity contribution in [2.45, 2.75) is 162 Å². The predicted octanol–water partition coefficient (Wildman–Crippen LogP) is 8.78. The highest BCUT2D eigenvalue weighted by Gasteiger charge is 2.55. The van der Waals surface area contributed by atoms with Crippen LogP contribution in [0.25, 0.3) is 0 Å². The average molecular weight is 653 g/mol. The number of aliphatic imine (C=N–C) groups is 1. The van der Waals surface area contributed by atoms with Crippen molar-refractivity contribution in [1.82, 2.24) is 9.55 Å². The van der Waals surface area contributed by atoms with Crippen LogP contribution in [0.2, 0.25) is 54.4 Å². The molecule has 12 heteroatoms. The molecule has 246 valence electrons. The van der Waals surface area contributed by atoms with E-state index in [-0.39, 0.29) is 33.4 Å². The molecule has 43 heavy (non-hydrogen) atoms. The summed E-state index contributed by atoms with van der Waals surface area (Å²) < 4.78 is 30.5. The number of ether oxygens (including phenoxy) is 1. The molecule has 0 spiro atoms. The molecule has 0 amide bonds. The van der Waals surface area contributed by atoms with Crippen LogP contribution in [0.5, 0.6) is 0 Å². The van der Waals surface area contributed by atoms with E-state index >= 15 is 0 Å². The lowest BCUT2D eigenvalue weighted by Gasteiger charge is -2.44. The standard InChI is InChI=1S/C31H60N4O5Si3/c1-18-22-24-27(33-21(2)38-34-22)35(20-32-24)28-26(40-43(16,17)31(9,10)11)25(39-42(14,15)30(6,7)8)23(37-28)19-36-41(12,13)29(3,4)5/h20,23,25-26,28H,18-19H2,1-17H3/t23-,25-,26-,28-/m1/s1. The van der Waals surface area contributed by atoms with Gasteiger partial charge >= 0.3 is 0 Å². The Morgan fingerprint density at radius 2 is 1.33 bits per heavy atom. The molecule has 0 bridgehead atoms. The quantitative estimate of drug-likeness (QED) is 0.248. The van der Waals surface area contributed by atoms with Gasteiger partial charge in [0, 0.05) is 6.92 Å². The van der Waals surface area contributed by atoms with E-state index in [0.29, 0.717) is 30.4 Å². The van der Waals surface area contributed by atoms with Crippen LogP contribution in [-0.2, 0) is 22.9 Å². The molecular weight excluding hydrogens is 593 g/mol. The van der Waals surface area contributed by atoms with Gasteiger partial charge in [0.05, 0.1) is 12.9 Å². The number of hydrogen-bond acceptors (Lipinski definition) is 8. The number of aromatic nitrogens is 2. The molecule has 2 aliphatic heterocycles. The maximum Gasteiger partial charge on any atom is 0.223 e. The molecule has 9 nitrogen and oxygen atoms in total. The molecule has 3 heterocycles. The topological polar surface area (TPSA) is 88.7 Å². The zero-order chi connectivity index (χ0) is 33.0. The Labute approximate surface area is 264 Å². The van der Waals surface area contributed by atoms with Crippen molar-refractivity contribution >= 4 is 42.4 Å². The monoisotopic (exact) mass is 652 g/mol. The van der Waals surface area contributed by atoms with Gasteiger partial charge in [0.15, 0.2) is 37.0 Å². The number of hydrogen-bond donors (Lipinski definition) is 0. The lowest BCUT2D eigenvalue weighted by atomic mass is 10.1. The summed E-state index contributed by atoms with van der Waals surface area (Å²) in [4.78, 5) is 15.1. The fraction of sp³-hybridized carbons (Fsp3) is 0.839. The predicted molar refractivity (Wildman–Crippen MR) is 184 cm³/mol. The van der Waals surface area contributed by atoms with Crippen LogP contribution in [0, 0.1) is 0 Å². The van der Waals surface area contributed by atoms with Gasteiger partial charge in [-0.15, -0.1) is 0 Å². The van der Waals surface area contributed by atoms with Gasteiger partial charge in [0.1, 0.15) is 29.7 Å². The van der Waals surface area contributed by atoms with E-state index in [0.717, 1.165) is 5.71 Å². The smallest absolute Gasteiger partial charge is 0.223 e. The van der Waals surface area contributed by atoms with Gasteiger partial charge in [-0.2, -0.15) is 4.99 Å². The van der Waals surface area contributed by atoms with Gasteiger partial charge in [-0.05, 0) is 60.8 Å².